The van der Waals surface area contributed by atoms with Crippen LogP contribution in [0.2, 0.25) is 0 Å². The quantitative estimate of drug-likeness (QED) is 0.517. The van der Waals surface area contributed by atoms with E-state index in [-0.39, 0.29) is 18.3 Å². The number of para-hydroxylation sites is 2. The van der Waals surface area contributed by atoms with E-state index in [9.17, 15) is 4.79 Å². The minimum atomic E-state index is -0.209. The van der Waals surface area contributed by atoms with Gasteiger partial charge in [0.25, 0.3) is 0 Å². The molecule has 3 N–H and O–H groups in total. The van der Waals surface area contributed by atoms with Crippen molar-refractivity contribution >= 4 is 44.4 Å². The van der Waals surface area contributed by atoms with E-state index in [1.54, 1.807) is 4.57 Å². The van der Waals surface area contributed by atoms with E-state index in [0.717, 1.165) is 21.1 Å². The van der Waals surface area contributed by atoms with E-state index >= 15 is 0 Å². The molecule has 2 heterocycles. The summed E-state index contributed by atoms with van der Waals surface area (Å²) in [5, 5.41) is 10.3. The number of fused-ring (bicyclic) bond motifs is 1. The number of aromatic nitrogens is 4. The molecule has 0 saturated heterocycles. The Morgan fingerprint density at radius 2 is 2.07 bits per heavy atom. The maximum atomic E-state index is 12.7. The minimum absolute atomic E-state index is 0.0302. The molecule has 0 unspecified atom stereocenters. The number of nitrogens with zero attached hydrogens (tertiary/aromatic N) is 4. The van der Waals surface area contributed by atoms with Crippen LogP contribution in [0.25, 0.3) is 22.6 Å². The molecule has 4 rings (SSSR count). The van der Waals surface area contributed by atoms with Crippen molar-refractivity contribution in [2.45, 2.75) is 13.5 Å². The second-order valence-electron chi connectivity index (χ2n) is 6.04. The lowest BCUT2D eigenvalue weighted by molar-refractivity contribution is -0.116. The first kappa shape index (κ1) is 17.2. The monoisotopic (exact) mass is 426 g/mol. The minimum Gasteiger partial charge on any atom is -0.379 e. The highest BCUT2D eigenvalue weighted by Crippen LogP contribution is 2.27. The number of carbonyl (C=O) groups is 1. The van der Waals surface area contributed by atoms with Gasteiger partial charge < -0.3 is 15.6 Å². The van der Waals surface area contributed by atoms with Crippen molar-refractivity contribution in [1.82, 2.24) is 19.9 Å². The van der Waals surface area contributed by atoms with Crippen LogP contribution in [0.1, 0.15) is 5.56 Å². The van der Waals surface area contributed by atoms with Gasteiger partial charge in [0.15, 0.2) is 17.3 Å². The fraction of sp³-hybridized carbons (Fsp3) is 0.111. The fourth-order valence-corrected chi connectivity index (χ4v) is 3.41. The molecule has 136 valence electrons. The Balaban J connectivity index is 1.70. The third kappa shape index (κ3) is 3.28. The zero-order chi connectivity index (χ0) is 19.0. The molecule has 27 heavy (non-hydrogen) atoms. The van der Waals surface area contributed by atoms with Gasteiger partial charge in [0.05, 0.1) is 16.7 Å². The smallest absolute Gasteiger partial charge is 0.244 e. The van der Waals surface area contributed by atoms with Crippen LogP contribution in [0.15, 0.2) is 51.6 Å². The lowest BCUT2D eigenvalue weighted by Crippen LogP contribution is -2.19. The highest BCUT2D eigenvalue weighted by Gasteiger charge is 2.20. The summed E-state index contributed by atoms with van der Waals surface area (Å²) in [6, 6.07) is 13.2. The summed E-state index contributed by atoms with van der Waals surface area (Å²) < 4.78 is 7.25. The van der Waals surface area contributed by atoms with Gasteiger partial charge in [-0.2, -0.15) is 0 Å². The molecule has 0 atom stereocenters. The van der Waals surface area contributed by atoms with E-state index in [4.69, 9.17) is 10.4 Å². The van der Waals surface area contributed by atoms with E-state index in [1.807, 2.05) is 49.4 Å². The average molecular weight is 427 g/mol. The number of nitrogen functional groups attached to an aromatic ring is 1. The molecule has 0 spiro atoms. The number of imidazole rings is 1. The van der Waals surface area contributed by atoms with Crippen molar-refractivity contribution in [2.24, 2.45) is 0 Å². The first-order chi connectivity index (χ1) is 13.0. The van der Waals surface area contributed by atoms with Crippen LogP contribution in [-0.2, 0) is 11.3 Å². The molecule has 0 aliphatic carbocycles. The Labute approximate surface area is 162 Å². The van der Waals surface area contributed by atoms with Crippen molar-refractivity contribution in [3.63, 3.8) is 0 Å². The molecule has 4 aromatic rings. The number of amides is 1. The largest absolute Gasteiger partial charge is 0.379 e. The van der Waals surface area contributed by atoms with Crippen molar-refractivity contribution in [2.75, 3.05) is 11.1 Å². The first-order valence-corrected chi connectivity index (χ1v) is 8.92. The number of benzene rings is 2. The number of anilines is 2. The van der Waals surface area contributed by atoms with Crippen LogP contribution in [0, 0.1) is 6.92 Å². The van der Waals surface area contributed by atoms with Crippen molar-refractivity contribution in [3.8, 4) is 11.5 Å². The standard InChI is InChI=1S/C18H15BrN6O2/c1-10-6-7-12(11(19)8-10)21-15(26)9-25-14-5-3-2-4-13(14)22-18(25)16-17(20)24-27-23-16/h2-8H,9H2,1H3,(H2,20,24)(H,21,26). The maximum absolute atomic E-state index is 12.7. The highest BCUT2D eigenvalue weighted by atomic mass is 79.9. The number of hydrogen-bond acceptors (Lipinski definition) is 6. The Morgan fingerprint density at radius 1 is 1.26 bits per heavy atom. The first-order valence-electron chi connectivity index (χ1n) is 8.12. The van der Waals surface area contributed by atoms with Gasteiger partial charge in [-0.05, 0) is 63.0 Å². The van der Waals surface area contributed by atoms with E-state index in [0.29, 0.717) is 17.2 Å². The third-order valence-electron chi connectivity index (χ3n) is 4.08. The summed E-state index contributed by atoms with van der Waals surface area (Å²) in [5.41, 5.74) is 9.42. The summed E-state index contributed by atoms with van der Waals surface area (Å²) in [5.74, 6) is 0.334. The number of aryl methyl sites for hydroxylation is 1. The van der Waals surface area contributed by atoms with Gasteiger partial charge in [-0.15, -0.1) is 0 Å². The summed E-state index contributed by atoms with van der Waals surface area (Å²) in [7, 11) is 0. The molecular weight excluding hydrogens is 412 g/mol. The summed E-state index contributed by atoms with van der Waals surface area (Å²) in [6.07, 6.45) is 0. The third-order valence-corrected chi connectivity index (χ3v) is 4.74. The van der Waals surface area contributed by atoms with Crippen molar-refractivity contribution in [3.05, 3.63) is 52.5 Å². The van der Waals surface area contributed by atoms with Crippen LogP contribution in [0.4, 0.5) is 11.5 Å². The molecule has 8 nitrogen and oxygen atoms in total. The van der Waals surface area contributed by atoms with Crippen molar-refractivity contribution in [1.29, 1.82) is 0 Å². The predicted molar refractivity (Wildman–Crippen MR) is 105 cm³/mol. The number of halogens is 1. The van der Waals surface area contributed by atoms with Crippen LogP contribution in [0.3, 0.4) is 0 Å². The zero-order valence-corrected chi connectivity index (χ0v) is 15.9. The molecular formula is C18H15BrN6O2. The summed E-state index contributed by atoms with van der Waals surface area (Å²) in [4.78, 5) is 17.2. The second-order valence-corrected chi connectivity index (χ2v) is 6.89. The number of rotatable bonds is 4. The molecule has 2 aromatic carbocycles. The molecule has 0 fully saturated rings. The van der Waals surface area contributed by atoms with Gasteiger partial charge in [0.1, 0.15) is 6.54 Å². The summed E-state index contributed by atoms with van der Waals surface area (Å²) in [6.45, 7) is 2.01. The Morgan fingerprint density at radius 3 is 2.81 bits per heavy atom. The van der Waals surface area contributed by atoms with Gasteiger partial charge in [0, 0.05) is 4.47 Å². The van der Waals surface area contributed by atoms with Crippen LogP contribution < -0.4 is 11.1 Å². The zero-order valence-electron chi connectivity index (χ0n) is 14.3. The molecule has 9 heteroatoms. The lowest BCUT2D eigenvalue weighted by Gasteiger charge is -2.11. The summed E-state index contributed by atoms with van der Waals surface area (Å²) >= 11 is 3.47. The molecule has 2 aromatic heterocycles. The number of carbonyl (C=O) groups excluding carboxylic acids is 1. The van der Waals surface area contributed by atoms with Crippen LogP contribution in [0.5, 0.6) is 0 Å². The topological polar surface area (TPSA) is 112 Å². The molecule has 0 aliphatic heterocycles. The number of hydrogen-bond donors (Lipinski definition) is 2. The number of nitrogens with one attached hydrogen (secondary N) is 1. The van der Waals surface area contributed by atoms with Gasteiger partial charge in [-0.1, -0.05) is 18.2 Å². The normalized spacial score (nSPS) is 11.0. The molecule has 0 aliphatic rings. The molecule has 0 bridgehead atoms. The molecule has 0 saturated carbocycles. The van der Waals surface area contributed by atoms with Gasteiger partial charge in [0.2, 0.25) is 5.91 Å². The highest BCUT2D eigenvalue weighted by molar-refractivity contribution is 9.10. The Kier molecular flexibility index (Phi) is 4.36. The van der Waals surface area contributed by atoms with E-state index in [1.165, 1.54) is 0 Å². The average Bonchev–Trinajstić information content (AvgIpc) is 3.21. The molecule has 1 amide bonds. The number of nitrogens with two attached hydrogens (primary N) is 1. The second kappa shape index (κ2) is 6.84. The Hall–Kier alpha value is -3.20. The Bertz CT molecular complexity index is 1150. The van der Waals surface area contributed by atoms with E-state index < -0.39 is 0 Å². The SMILES string of the molecule is Cc1ccc(NC(=O)Cn2c(-c3nonc3N)nc3ccccc32)c(Br)c1. The van der Waals surface area contributed by atoms with E-state index in [2.05, 4.69) is 36.5 Å². The van der Waals surface area contributed by atoms with Crippen LogP contribution in [-0.4, -0.2) is 25.8 Å². The fourth-order valence-electron chi connectivity index (χ4n) is 2.82. The van der Waals surface area contributed by atoms with Gasteiger partial charge in [-0.25, -0.2) is 9.61 Å². The van der Waals surface area contributed by atoms with Crippen LogP contribution >= 0.6 is 15.9 Å². The maximum Gasteiger partial charge on any atom is 0.244 e. The molecule has 0 radical (unpaired) electrons. The van der Waals surface area contributed by atoms with Gasteiger partial charge >= 0.3 is 0 Å². The predicted octanol–water partition coefficient (Wildman–Crippen LogP) is 3.38. The van der Waals surface area contributed by atoms with Gasteiger partial charge in [-0.3, -0.25) is 4.79 Å². The van der Waals surface area contributed by atoms with Crippen molar-refractivity contribution < 1.29 is 9.42 Å². The lowest BCUT2D eigenvalue weighted by atomic mass is 10.2.